The van der Waals surface area contributed by atoms with Crippen LogP contribution < -0.4 is 0 Å². The van der Waals surface area contributed by atoms with Crippen LogP contribution in [0.4, 0.5) is 0 Å². The highest BCUT2D eigenvalue weighted by molar-refractivity contribution is 6.36. The maximum atomic E-state index is 11.5. The summed E-state index contributed by atoms with van der Waals surface area (Å²) in [5.74, 6) is -0.861. The topological polar surface area (TPSA) is 96.0 Å². The molecule has 0 saturated heterocycles. The number of aliphatic carboxylic acids is 1. The molecule has 1 aliphatic rings. The Balaban J connectivity index is 2.15. The molecule has 0 aromatic carbocycles. The second kappa shape index (κ2) is 4.13. The van der Waals surface area contributed by atoms with Crippen LogP contribution in [0.5, 0.6) is 0 Å². The van der Waals surface area contributed by atoms with Gasteiger partial charge in [0.15, 0.2) is 5.76 Å². The standard InChI is InChI=1S/C9H9N3O4/c13-8-2-1-7(9(14)15)11-12(8)5-6-3-4-10-16-6/h3-4H,1-2,5H2,(H,14,15). The van der Waals surface area contributed by atoms with E-state index in [1.807, 2.05) is 0 Å². The van der Waals surface area contributed by atoms with E-state index in [-0.39, 0.29) is 31.0 Å². The molecule has 0 fully saturated rings. The van der Waals surface area contributed by atoms with Crippen molar-refractivity contribution in [3.63, 3.8) is 0 Å². The third-order valence-electron chi connectivity index (χ3n) is 2.15. The lowest BCUT2D eigenvalue weighted by Crippen LogP contribution is -2.33. The van der Waals surface area contributed by atoms with Crippen LogP contribution in [0.3, 0.4) is 0 Å². The molecule has 1 aromatic rings. The van der Waals surface area contributed by atoms with Crippen molar-refractivity contribution in [2.24, 2.45) is 5.10 Å². The minimum absolute atomic E-state index is 0.0147. The van der Waals surface area contributed by atoms with Crippen molar-refractivity contribution in [1.82, 2.24) is 10.2 Å². The number of aromatic nitrogens is 1. The number of carboxylic acid groups (broad SMARTS) is 1. The van der Waals surface area contributed by atoms with Crippen LogP contribution in [0.1, 0.15) is 18.6 Å². The molecular weight excluding hydrogens is 214 g/mol. The zero-order chi connectivity index (χ0) is 11.5. The number of carbonyl (C=O) groups excluding carboxylic acids is 1. The van der Waals surface area contributed by atoms with Crippen molar-refractivity contribution < 1.29 is 19.2 Å². The lowest BCUT2D eigenvalue weighted by Gasteiger charge is -2.20. The summed E-state index contributed by atoms with van der Waals surface area (Å²) in [5.41, 5.74) is -0.0147. The van der Waals surface area contributed by atoms with Crippen molar-refractivity contribution in [2.45, 2.75) is 19.4 Å². The van der Waals surface area contributed by atoms with Gasteiger partial charge in [-0.2, -0.15) is 5.10 Å². The molecule has 7 heteroatoms. The summed E-state index contributed by atoms with van der Waals surface area (Å²) >= 11 is 0. The Morgan fingerprint density at radius 2 is 2.38 bits per heavy atom. The Bertz CT molecular complexity index is 438. The molecule has 0 atom stereocenters. The molecule has 0 unspecified atom stereocenters. The molecule has 0 bridgehead atoms. The van der Waals surface area contributed by atoms with Gasteiger partial charge >= 0.3 is 5.97 Å². The van der Waals surface area contributed by atoms with E-state index >= 15 is 0 Å². The Labute approximate surface area is 90.3 Å². The molecule has 84 valence electrons. The number of amides is 1. The number of carbonyl (C=O) groups is 2. The molecule has 16 heavy (non-hydrogen) atoms. The first kappa shape index (κ1) is 10.3. The highest BCUT2D eigenvalue weighted by Gasteiger charge is 2.24. The molecule has 0 aliphatic carbocycles. The van der Waals surface area contributed by atoms with Crippen LogP contribution in [-0.4, -0.2) is 32.9 Å². The van der Waals surface area contributed by atoms with Crippen LogP contribution in [0.2, 0.25) is 0 Å². The smallest absolute Gasteiger partial charge is 0.352 e. The Hall–Kier alpha value is -2.18. The molecule has 2 rings (SSSR count). The van der Waals surface area contributed by atoms with Crippen molar-refractivity contribution in [2.75, 3.05) is 0 Å². The zero-order valence-corrected chi connectivity index (χ0v) is 8.29. The lowest BCUT2D eigenvalue weighted by molar-refractivity contribution is -0.133. The predicted octanol–water partition coefficient (Wildman–Crippen LogP) is 0.238. The minimum Gasteiger partial charge on any atom is -0.477 e. The third kappa shape index (κ3) is 2.08. The van der Waals surface area contributed by atoms with Crippen LogP contribution in [0.15, 0.2) is 21.9 Å². The van der Waals surface area contributed by atoms with E-state index in [2.05, 4.69) is 10.3 Å². The largest absolute Gasteiger partial charge is 0.477 e. The summed E-state index contributed by atoms with van der Waals surface area (Å²) in [5, 5.41) is 17.1. The Morgan fingerprint density at radius 3 is 3.00 bits per heavy atom. The maximum absolute atomic E-state index is 11.5. The molecule has 0 spiro atoms. The van der Waals surface area contributed by atoms with Crippen LogP contribution in [0.25, 0.3) is 0 Å². The third-order valence-corrected chi connectivity index (χ3v) is 2.15. The van der Waals surface area contributed by atoms with Gasteiger partial charge in [-0.15, -0.1) is 0 Å². The number of hydrogen-bond acceptors (Lipinski definition) is 5. The van der Waals surface area contributed by atoms with Gasteiger partial charge in [0, 0.05) is 18.9 Å². The van der Waals surface area contributed by atoms with Gasteiger partial charge in [0.1, 0.15) is 12.3 Å². The number of hydrogen-bond donors (Lipinski definition) is 1. The van der Waals surface area contributed by atoms with Gasteiger partial charge in [0.25, 0.3) is 0 Å². The summed E-state index contributed by atoms with van der Waals surface area (Å²) in [6, 6.07) is 1.60. The minimum atomic E-state index is -1.10. The average Bonchev–Trinajstić information content (AvgIpc) is 2.73. The second-order valence-electron chi connectivity index (χ2n) is 3.28. The van der Waals surface area contributed by atoms with Crippen LogP contribution in [-0.2, 0) is 16.1 Å². The molecule has 1 amide bonds. The first-order valence-corrected chi connectivity index (χ1v) is 4.67. The van der Waals surface area contributed by atoms with Crippen molar-refractivity contribution in [1.29, 1.82) is 0 Å². The molecule has 0 saturated carbocycles. The molecule has 1 aromatic heterocycles. The predicted molar refractivity (Wildman–Crippen MR) is 51.4 cm³/mol. The molecule has 2 heterocycles. The fraction of sp³-hybridized carbons (Fsp3) is 0.333. The van der Waals surface area contributed by atoms with Gasteiger partial charge < -0.3 is 9.63 Å². The number of hydrazone groups is 1. The highest BCUT2D eigenvalue weighted by Crippen LogP contribution is 2.13. The zero-order valence-electron chi connectivity index (χ0n) is 8.29. The van der Waals surface area contributed by atoms with Crippen LogP contribution in [0, 0.1) is 0 Å². The van der Waals surface area contributed by atoms with E-state index in [9.17, 15) is 9.59 Å². The SMILES string of the molecule is O=C(O)C1=NN(Cc2ccno2)C(=O)CC1. The Morgan fingerprint density at radius 1 is 1.56 bits per heavy atom. The van der Waals surface area contributed by atoms with Gasteiger partial charge in [0.05, 0.1) is 6.20 Å². The van der Waals surface area contributed by atoms with E-state index in [0.717, 1.165) is 5.01 Å². The second-order valence-corrected chi connectivity index (χ2v) is 3.28. The van der Waals surface area contributed by atoms with Gasteiger partial charge in [-0.05, 0) is 0 Å². The van der Waals surface area contributed by atoms with E-state index in [0.29, 0.717) is 5.76 Å². The van der Waals surface area contributed by atoms with Gasteiger partial charge in [-0.25, -0.2) is 9.80 Å². The number of nitrogens with zero attached hydrogens (tertiary/aromatic N) is 3. The average molecular weight is 223 g/mol. The van der Waals surface area contributed by atoms with E-state index in [1.54, 1.807) is 6.07 Å². The van der Waals surface area contributed by atoms with Gasteiger partial charge in [-0.3, -0.25) is 4.79 Å². The summed E-state index contributed by atoms with van der Waals surface area (Å²) in [6.45, 7) is 0.107. The molecular formula is C9H9N3O4. The van der Waals surface area contributed by atoms with E-state index < -0.39 is 5.97 Å². The Kier molecular flexibility index (Phi) is 2.67. The van der Waals surface area contributed by atoms with Crippen LogP contribution >= 0.6 is 0 Å². The fourth-order valence-corrected chi connectivity index (χ4v) is 1.35. The van der Waals surface area contributed by atoms with Crippen molar-refractivity contribution in [3.05, 3.63) is 18.0 Å². The number of rotatable bonds is 3. The van der Waals surface area contributed by atoms with E-state index in [4.69, 9.17) is 9.63 Å². The van der Waals surface area contributed by atoms with Crippen molar-refractivity contribution in [3.8, 4) is 0 Å². The first-order valence-electron chi connectivity index (χ1n) is 4.67. The van der Waals surface area contributed by atoms with E-state index in [1.165, 1.54) is 6.20 Å². The monoisotopic (exact) mass is 223 g/mol. The maximum Gasteiger partial charge on any atom is 0.352 e. The first-order chi connectivity index (χ1) is 7.66. The summed E-state index contributed by atoms with van der Waals surface area (Å²) < 4.78 is 4.82. The molecule has 1 N–H and O–H groups in total. The number of carboxylic acids is 1. The highest BCUT2D eigenvalue weighted by atomic mass is 16.5. The van der Waals surface area contributed by atoms with Gasteiger partial charge in [0.2, 0.25) is 5.91 Å². The summed E-state index contributed by atoms with van der Waals surface area (Å²) in [7, 11) is 0. The lowest BCUT2D eigenvalue weighted by atomic mass is 10.1. The molecule has 0 radical (unpaired) electrons. The molecule has 7 nitrogen and oxygen atoms in total. The normalized spacial score (nSPS) is 16.1. The van der Waals surface area contributed by atoms with Gasteiger partial charge in [-0.1, -0.05) is 5.16 Å². The van der Waals surface area contributed by atoms with Crippen molar-refractivity contribution >= 4 is 17.6 Å². The summed E-state index contributed by atoms with van der Waals surface area (Å²) in [4.78, 5) is 22.2. The quantitative estimate of drug-likeness (QED) is 0.791. The fourth-order valence-electron chi connectivity index (χ4n) is 1.35. The molecule has 1 aliphatic heterocycles. The summed E-state index contributed by atoms with van der Waals surface area (Å²) in [6.07, 6.45) is 1.77.